The second-order valence-corrected chi connectivity index (χ2v) is 15.1. The average molecular weight is 468 g/mol. The fourth-order valence-corrected chi connectivity index (χ4v) is 9.19. The monoisotopic (exact) mass is 467 g/mol. The van der Waals surface area contributed by atoms with Crippen LogP contribution in [0.15, 0.2) is 60.7 Å². The molecule has 1 saturated heterocycles. The Balaban J connectivity index is 1.99. The zero-order valence-corrected chi connectivity index (χ0v) is 21.8. The predicted octanol–water partition coefficient (Wildman–Crippen LogP) is 4.53. The minimum atomic E-state index is -2.76. The van der Waals surface area contributed by atoms with Crippen molar-refractivity contribution in [2.45, 2.75) is 71.1 Å². The molecule has 0 unspecified atom stereocenters. The van der Waals surface area contributed by atoms with E-state index in [-0.39, 0.29) is 36.0 Å². The second kappa shape index (κ2) is 9.81. The van der Waals surface area contributed by atoms with Crippen molar-refractivity contribution in [1.82, 2.24) is 4.90 Å². The molecular formula is C27H37NO4Si. The van der Waals surface area contributed by atoms with Gasteiger partial charge in [-0.05, 0) is 36.2 Å². The third-order valence-corrected chi connectivity index (χ3v) is 11.1. The number of hydrogen-bond donors (Lipinski definition) is 0. The summed E-state index contributed by atoms with van der Waals surface area (Å²) in [5.74, 6) is 0.158. The minimum Gasteiger partial charge on any atom is -0.444 e. The SMILES string of the molecule is CC(C)(C)OC(=O)N1CCC(=O)C[C@H]1CO[Si](c1ccccc1)(c1ccccc1)C(C)(C)C. The molecule has 6 heteroatoms. The van der Waals surface area contributed by atoms with Crippen LogP contribution in [0, 0.1) is 0 Å². The minimum absolute atomic E-state index is 0.158. The van der Waals surface area contributed by atoms with E-state index in [9.17, 15) is 9.59 Å². The summed E-state index contributed by atoms with van der Waals surface area (Å²) in [5, 5.41) is 2.18. The number of Topliss-reactive ketones (excluding diaryl/α,β-unsaturated/α-hetero) is 1. The smallest absolute Gasteiger partial charge is 0.410 e. The summed E-state index contributed by atoms with van der Waals surface area (Å²) >= 11 is 0. The number of carbonyl (C=O) groups is 2. The number of likely N-dealkylation sites (tertiary alicyclic amines) is 1. The highest BCUT2D eigenvalue weighted by molar-refractivity contribution is 6.99. The largest absolute Gasteiger partial charge is 0.444 e. The molecule has 0 radical (unpaired) electrons. The third kappa shape index (κ3) is 5.74. The molecular weight excluding hydrogens is 430 g/mol. The molecule has 178 valence electrons. The van der Waals surface area contributed by atoms with Crippen LogP contribution in [-0.2, 0) is 14.0 Å². The fraction of sp³-hybridized carbons (Fsp3) is 0.481. The van der Waals surface area contributed by atoms with E-state index in [0.29, 0.717) is 13.0 Å². The van der Waals surface area contributed by atoms with E-state index >= 15 is 0 Å². The Hall–Kier alpha value is -2.44. The van der Waals surface area contributed by atoms with E-state index < -0.39 is 13.9 Å². The molecule has 1 aliphatic rings. The normalized spacial score (nSPS) is 17.7. The van der Waals surface area contributed by atoms with Gasteiger partial charge >= 0.3 is 6.09 Å². The first kappa shape index (κ1) is 25.2. The topological polar surface area (TPSA) is 55.8 Å². The van der Waals surface area contributed by atoms with Crippen molar-refractivity contribution in [1.29, 1.82) is 0 Å². The molecule has 3 rings (SSSR count). The van der Waals surface area contributed by atoms with Crippen molar-refractivity contribution in [3.05, 3.63) is 60.7 Å². The van der Waals surface area contributed by atoms with Gasteiger partial charge in [-0.25, -0.2) is 4.79 Å². The van der Waals surface area contributed by atoms with Crippen LogP contribution in [0.5, 0.6) is 0 Å². The highest BCUT2D eigenvalue weighted by Gasteiger charge is 2.51. The van der Waals surface area contributed by atoms with Crippen molar-refractivity contribution in [2.75, 3.05) is 13.2 Å². The van der Waals surface area contributed by atoms with Crippen LogP contribution in [0.3, 0.4) is 0 Å². The van der Waals surface area contributed by atoms with Gasteiger partial charge in [0.1, 0.15) is 11.4 Å². The van der Waals surface area contributed by atoms with Gasteiger partial charge in [0, 0.05) is 19.4 Å². The number of hydrogen-bond acceptors (Lipinski definition) is 4. The van der Waals surface area contributed by atoms with E-state index in [2.05, 4.69) is 45.0 Å². The summed E-state index contributed by atoms with van der Waals surface area (Å²) in [7, 11) is -2.76. The molecule has 2 aromatic carbocycles. The number of piperidine rings is 1. The lowest BCUT2D eigenvalue weighted by Crippen LogP contribution is -2.67. The Bertz CT molecular complexity index is 908. The van der Waals surface area contributed by atoms with Crippen LogP contribution in [0.4, 0.5) is 4.79 Å². The van der Waals surface area contributed by atoms with Crippen molar-refractivity contribution in [3.63, 3.8) is 0 Å². The van der Waals surface area contributed by atoms with Gasteiger partial charge < -0.3 is 14.1 Å². The Kier molecular flexibility index (Phi) is 7.49. The van der Waals surface area contributed by atoms with Crippen LogP contribution >= 0.6 is 0 Å². The van der Waals surface area contributed by atoms with Crippen LogP contribution in [0.25, 0.3) is 0 Å². The first-order chi connectivity index (χ1) is 15.4. The molecule has 33 heavy (non-hydrogen) atoms. The number of rotatable bonds is 5. The van der Waals surface area contributed by atoms with Gasteiger partial charge in [0.2, 0.25) is 0 Å². The summed E-state index contributed by atoms with van der Waals surface area (Å²) in [6, 6.07) is 20.4. The maximum Gasteiger partial charge on any atom is 0.410 e. The number of carbonyl (C=O) groups excluding carboxylic acids is 2. The molecule has 1 atom stereocenters. The maximum atomic E-state index is 12.9. The van der Waals surface area contributed by atoms with Gasteiger partial charge in [-0.1, -0.05) is 81.4 Å². The summed E-state index contributed by atoms with van der Waals surface area (Å²) in [4.78, 5) is 27.0. The average Bonchev–Trinajstić information content (AvgIpc) is 2.73. The molecule has 0 N–H and O–H groups in total. The van der Waals surface area contributed by atoms with Gasteiger partial charge in [0.25, 0.3) is 8.32 Å². The fourth-order valence-electron chi connectivity index (χ4n) is 4.60. The van der Waals surface area contributed by atoms with E-state index in [0.717, 1.165) is 0 Å². The zero-order chi connectivity index (χ0) is 24.3. The van der Waals surface area contributed by atoms with Crippen LogP contribution in [-0.4, -0.2) is 49.9 Å². The first-order valence-electron chi connectivity index (χ1n) is 11.7. The molecule has 1 aliphatic heterocycles. The highest BCUT2D eigenvalue weighted by atomic mass is 28.4. The van der Waals surface area contributed by atoms with Crippen molar-refractivity contribution < 1.29 is 18.8 Å². The van der Waals surface area contributed by atoms with Crippen molar-refractivity contribution >= 4 is 30.6 Å². The third-order valence-electron chi connectivity index (χ3n) is 6.07. The second-order valence-electron chi connectivity index (χ2n) is 10.8. The number of amides is 1. The standard InChI is InChI=1S/C27H37NO4Si/c1-26(2,3)32-25(30)28-18-17-22(29)19-21(28)20-31-33(27(4,5)6,23-13-9-7-10-14-23)24-15-11-8-12-16-24/h7-16,21H,17-20H2,1-6H3/t21-/m0/s1. The molecule has 0 aliphatic carbocycles. The van der Waals surface area contributed by atoms with E-state index in [1.807, 2.05) is 57.2 Å². The maximum absolute atomic E-state index is 12.9. The van der Waals surface area contributed by atoms with Gasteiger partial charge in [0.05, 0.1) is 12.6 Å². The molecule has 1 heterocycles. The Labute approximate surface area is 199 Å². The van der Waals surface area contributed by atoms with Crippen LogP contribution < -0.4 is 10.4 Å². The molecule has 0 saturated carbocycles. The summed E-state index contributed by atoms with van der Waals surface area (Å²) in [5.41, 5.74) is -0.595. The number of ketones is 1. The Morgan fingerprint density at radius 2 is 1.45 bits per heavy atom. The molecule has 5 nitrogen and oxygen atoms in total. The van der Waals surface area contributed by atoms with Crippen molar-refractivity contribution in [3.8, 4) is 0 Å². The van der Waals surface area contributed by atoms with Gasteiger partial charge in [0.15, 0.2) is 0 Å². The van der Waals surface area contributed by atoms with Crippen LogP contribution in [0.1, 0.15) is 54.4 Å². The van der Waals surface area contributed by atoms with Gasteiger partial charge in [-0.3, -0.25) is 4.79 Å². The van der Waals surface area contributed by atoms with Gasteiger partial charge in [-0.2, -0.15) is 0 Å². The van der Waals surface area contributed by atoms with Crippen LogP contribution in [0.2, 0.25) is 5.04 Å². The lowest BCUT2D eigenvalue weighted by molar-refractivity contribution is -0.123. The highest BCUT2D eigenvalue weighted by Crippen LogP contribution is 2.37. The molecule has 0 spiro atoms. The summed E-state index contributed by atoms with van der Waals surface area (Å²) in [6.45, 7) is 12.9. The summed E-state index contributed by atoms with van der Waals surface area (Å²) < 4.78 is 12.6. The molecule has 0 bridgehead atoms. The molecule has 2 aromatic rings. The zero-order valence-electron chi connectivity index (χ0n) is 20.8. The lowest BCUT2D eigenvalue weighted by Gasteiger charge is -2.45. The van der Waals surface area contributed by atoms with Gasteiger partial charge in [-0.15, -0.1) is 0 Å². The van der Waals surface area contributed by atoms with E-state index in [1.54, 1.807) is 4.90 Å². The molecule has 1 amide bonds. The number of nitrogens with zero attached hydrogens (tertiary/aromatic N) is 1. The summed E-state index contributed by atoms with van der Waals surface area (Å²) in [6.07, 6.45) is 0.262. The quantitative estimate of drug-likeness (QED) is 0.606. The number of ether oxygens (including phenoxy) is 1. The molecule has 0 aromatic heterocycles. The molecule has 1 fully saturated rings. The predicted molar refractivity (Wildman–Crippen MR) is 135 cm³/mol. The lowest BCUT2D eigenvalue weighted by atomic mass is 10.0. The van der Waals surface area contributed by atoms with Crippen molar-refractivity contribution in [2.24, 2.45) is 0 Å². The Morgan fingerprint density at radius 1 is 0.939 bits per heavy atom. The van der Waals surface area contributed by atoms with E-state index in [1.165, 1.54) is 10.4 Å². The van der Waals surface area contributed by atoms with E-state index in [4.69, 9.17) is 9.16 Å². The number of benzene rings is 2. The first-order valence-corrected chi connectivity index (χ1v) is 13.6. The Morgan fingerprint density at radius 3 is 1.91 bits per heavy atom.